The summed E-state index contributed by atoms with van der Waals surface area (Å²) in [6.07, 6.45) is 5.64. The van der Waals surface area contributed by atoms with Crippen molar-refractivity contribution < 1.29 is 9.90 Å². The predicted octanol–water partition coefficient (Wildman–Crippen LogP) is 4.26. The number of hydrogen-bond acceptors (Lipinski definition) is 6. The van der Waals surface area contributed by atoms with E-state index in [4.69, 9.17) is 5.10 Å². The zero-order chi connectivity index (χ0) is 26.3. The average Bonchev–Trinajstić information content (AvgIpc) is 3.64. The first kappa shape index (κ1) is 25.0. The molecule has 1 saturated heterocycles. The highest BCUT2D eigenvalue weighted by atomic mass is 16.3. The van der Waals surface area contributed by atoms with Gasteiger partial charge in [-0.1, -0.05) is 0 Å². The fourth-order valence-corrected chi connectivity index (χ4v) is 5.54. The lowest BCUT2D eigenvalue weighted by Crippen LogP contribution is -2.44. The molecule has 3 N–H and O–H groups in total. The molecular formula is C28H34N6O3. The summed E-state index contributed by atoms with van der Waals surface area (Å²) in [5.41, 5.74) is 1.94. The van der Waals surface area contributed by atoms with Crippen LogP contribution < -0.4 is 10.9 Å². The molecular weight excluding hydrogens is 468 g/mol. The molecule has 1 saturated carbocycles. The normalized spacial score (nSPS) is 17.5. The fraction of sp³-hybridized carbons (Fsp3) is 0.500. The number of anilines is 2. The SMILES string of the molecule is Cc1cc(Nc2nn([C@@H](CC#N)C3CC3)c3cc[nH]c(=O)c23)ccc1C(=O)N1CCC(C(C)(C)O)CC1. The number of aliphatic hydroxyl groups is 1. The molecule has 0 bridgehead atoms. The van der Waals surface area contributed by atoms with Crippen LogP contribution >= 0.6 is 0 Å². The van der Waals surface area contributed by atoms with Crippen LogP contribution in [0.15, 0.2) is 35.3 Å². The number of piperidine rings is 1. The van der Waals surface area contributed by atoms with E-state index in [1.807, 2.05) is 54.6 Å². The molecule has 194 valence electrons. The van der Waals surface area contributed by atoms with Crippen molar-refractivity contribution in [2.24, 2.45) is 11.8 Å². The summed E-state index contributed by atoms with van der Waals surface area (Å²) in [4.78, 5) is 30.6. The zero-order valence-corrected chi connectivity index (χ0v) is 21.6. The monoisotopic (exact) mass is 502 g/mol. The van der Waals surface area contributed by atoms with Crippen LogP contribution in [0.25, 0.3) is 10.9 Å². The van der Waals surface area contributed by atoms with Crippen molar-refractivity contribution in [1.29, 1.82) is 5.26 Å². The lowest BCUT2D eigenvalue weighted by atomic mass is 9.83. The quantitative estimate of drug-likeness (QED) is 0.443. The highest BCUT2D eigenvalue weighted by Crippen LogP contribution is 2.43. The number of pyridine rings is 1. The summed E-state index contributed by atoms with van der Waals surface area (Å²) in [7, 11) is 0. The first-order valence-electron chi connectivity index (χ1n) is 13.0. The van der Waals surface area contributed by atoms with E-state index in [2.05, 4.69) is 16.4 Å². The number of aryl methyl sites for hydroxylation is 1. The first-order valence-corrected chi connectivity index (χ1v) is 13.0. The van der Waals surface area contributed by atoms with E-state index in [9.17, 15) is 20.0 Å². The lowest BCUT2D eigenvalue weighted by molar-refractivity contribution is -0.0108. The highest BCUT2D eigenvalue weighted by Gasteiger charge is 2.35. The molecule has 5 rings (SSSR count). The topological polar surface area (TPSA) is 127 Å². The maximum Gasteiger partial charge on any atom is 0.261 e. The number of likely N-dealkylation sites (tertiary alicyclic amines) is 1. The summed E-state index contributed by atoms with van der Waals surface area (Å²) >= 11 is 0. The van der Waals surface area contributed by atoms with Crippen molar-refractivity contribution in [3.8, 4) is 6.07 Å². The van der Waals surface area contributed by atoms with Crippen LogP contribution in [0.3, 0.4) is 0 Å². The number of H-pyrrole nitrogens is 1. The molecule has 3 heterocycles. The van der Waals surface area contributed by atoms with Gasteiger partial charge in [0.1, 0.15) is 5.39 Å². The molecule has 9 heteroatoms. The number of nitrogens with one attached hydrogen (secondary N) is 2. The van der Waals surface area contributed by atoms with Gasteiger partial charge >= 0.3 is 0 Å². The Labute approximate surface area is 216 Å². The van der Waals surface area contributed by atoms with E-state index in [1.54, 1.807) is 6.20 Å². The molecule has 1 aromatic carbocycles. The third-order valence-corrected chi connectivity index (χ3v) is 7.91. The molecule has 37 heavy (non-hydrogen) atoms. The number of aromatic nitrogens is 3. The van der Waals surface area contributed by atoms with Crippen LogP contribution in [0.1, 0.15) is 67.9 Å². The number of carbonyl (C=O) groups is 1. The van der Waals surface area contributed by atoms with E-state index in [0.717, 1.165) is 36.9 Å². The van der Waals surface area contributed by atoms with Gasteiger partial charge in [0.25, 0.3) is 11.5 Å². The number of hydrogen-bond donors (Lipinski definition) is 3. The minimum atomic E-state index is -0.732. The Morgan fingerprint density at radius 3 is 2.62 bits per heavy atom. The largest absolute Gasteiger partial charge is 0.390 e. The van der Waals surface area contributed by atoms with Gasteiger partial charge in [0, 0.05) is 30.5 Å². The van der Waals surface area contributed by atoms with Crippen molar-refractivity contribution in [1.82, 2.24) is 19.7 Å². The van der Waals surface area contributed by atoms with Gasteiger partial charge in [0.2, 0.25) is 0 Å². The summed E-state index contributed by atoms with van der Waals surface area (Å²) < 4.78 is 1.83. The number of nitriles is 1. The number of rotatable bonds is 7. The molecule has 2 aliphatic rings. The molecule has 2 fully saturated rings. The van der Waals surface area contributed by atoms with Crippen LogP contribution in [0, 0.1) is 30.1 Å². The molecule has 1 aliphatic carbocycles. The summed E-state index contributed by atoms with van der Waals surface area (Å²) in [6, 6.07) is 9.58. The van der Waals surface area contributed by atoms with Gasteiger partial charge in [-0.05, 0) is 88.1 Å². The van der Waals surface area contributed by atoms with Gasteiger partial charge in [-0.25, -0.2) is 0 Å². The van der Waals surface area contributed by atoms with Gasteiger partial charge in [-0.2, -0.15) is 10.4 Å². The van der Waals surface area contributed by atoms with Gasteiger partial charge in [0.05, 0.1) is 29.6 Å². The summed E-state index contributed by atoms with van der Waals surface area (Å²) in [6.45, 7) is 6.83. The fourth-order valence-electron chi connectivity index (χ4n) is 5.54. The van der Waals surface area contributed by atoms with E-state index in [0.29, 0.717) is 47.7 Å². The Kier molecular flexibility index (Phi) is 6.54. The Morgan fingerprint density at radius 1 is 1.27 bits per heavy atom. The van der Waals surface area contributed by atoms with Gasteiger partial charge in [0.15, 0.2) is 5.82 Å². The lowest BCUT2D eigenvalue weighted by Gasteiger charge is -2.38. The maximum atomic E-state index is 13.2. The number of benzene rings is 1. The van der Waals surface area contributed by atoms with E-state index in [-0.39, 0.29) is 23.4 Å². The average molecular weight is 503 g/mol. The number of fused-ring (bicyclic) bond motifs is 1. The minimum Gasteiger partial charge on any atom is -0.390 e. The molecule has 1 atom stereocenters. The van der Waals surface area contributed by atoms with Crippen molar-refractivity contribution in [3.05, 3.63) is 51.9 Å². The van der Waals surface area contributed by atoms with Crippen LogP contribution in [0.2, 0.25) is 0 Å². The first-order chi connectivity index (χ1) is 17.7. The van der Waals surface area contributed by atoms with Gasteiger partial charge in [-0.15, -0.1) is 0 Å². The van der Waals surface area contributed by atoms with E-state index in [1.165, 1.54) is 0 Å². The van der Waals surface area contributed by atoms with Crippen LogP contribution in [-0.2, 0) is 0 Å². The highest BCUT2D eigenvalue weighted by molar-refractivity contribution is 5.96. The Hall–Kier alpha value is -3.64. The third-order valence-electron chi connectivity index (χ3n) is 7.91. The van der Waals surface area contributed by atoms with E-state index < -0.39 is 5.60 Å². The number of nitrogens with zero attached hydrogens (tertiary/aromatic N) is 4. The minimum absolute atomic E-state index is 0.00630. The summed E-state index contributed by atoms with van der Waals surface area (Å²) in [5.74, 6) is 1.02. The molecule has 0 radical (unpaired) electrons. The van der Waals surface area contributed by atoms with Crippen molar-refractivity contribution >= 4 is 28.3 Å². The second-order valence-corrected chi connectivity index (χ2v) is 11.0. The maximum absolute atomic E-state index is 13.2. The van der Waals surface area contributed by atoms with Gasteiger partial charge < -0.3 is 20.3 Å². The Bertz CT molecular complexity index is 1410. The number of aromatic amines is 1. The third kappa shape index (κ3) is 4.98. The predicted molar refractivity (Wildman–Crippen MR) is 142 cm³/mol. The smallest absolute Gasteiger partial charge is 0.261 e. The van der Waals surface area contributed by atoms with Crippen LogP contribution in [0.5, 0.6) is 0 Å². The molecule has 1 aliphatic heterocycles. The van der Waals surface area contributed by atoms with Gasteiger partial charge in [-0.3, -0.25) is 14.3 Å². The molecule has 0 unspecified atom stereocenters. The Balaban J connectivity index is 1.38. The number of carbonyl (C=O) groups excluding carboxylic acids is 1. The summed E-state index contributed by atoms with van der Waals surface area (Å²) in [5, 5.41) is 28.2. The van der Waals surface area contributed by atoms with Crippen molar-refractivity contribution in [2.45, 2.75) is 64.5 Å². The van der Waals surface area contributed by atoms with Crippen LogP contribution in [0.4, 0.5) is 11.5 Å². The second-order valence-electron chi connectivity index (χ2n) is 11.0. The van der Waals surface area contributed by atoms with Crippen molar-refractivity contribution in [2.75, 3.05) is 18.4 Å². The standard InChI is InChI=1S/C28H34N6O3/c1-17-16-20(6-7-21(17)27(36)33-14-10-19(11-15-33)28(2,3)37)31-25-24-23(9-13-30-26(24)35)34(32-25)22(8-12-29)18-4-5-18/h6-7,9,13,16,18-19,22,37H,4-5,8,10-11,14-15H2,1-3H3,(H,30,35)(H,31,32)/t22-/m0/s1. The molecule has 0 spiro atoms. The second kappa shape index (κ2) is 9.67. The molecule has 1 amide bonds. The van der Waals surface area contributed by atoms with Crippen LogP contribution in [-0.4, -0.2) is 49.4 Å². The molecule has 2 aromatic heterocycles. The van der Waals surface area contributed by atoms with E-state index >= 15 is 0 Å². The Morgan fingerprint density at radius 2 is 2.00 bits per heavy atom. The van der Waals surface area contributed by atoms with Crippen molar-refractivity contribution in [3.63, 3.8) is 0 Å². The zero-order valence-electron chi connectivity index (χ0n) is 21.6. The molecule has 3 aromatic rings. The molecule has 9 nitrogen and oxygen atoms in total. The number of amides is 1.